The number of urea groups is 1. The normalized spacial score (nSPS) is 10.5. The maximum atomic E-state index is 12.2. The molecule has 0 saturated carbocycles. The molecule has 0 atom stereocenters. The molecule has 2 heterocycles. The molecule has 4 rings (SSSR count). The predicted molar refractivity (Wildman–Crippen MR) is 124 cm³/mol. The van der Waals surface area contributed by atoms with Gasteiger partial charge in [0.05, 0.1) is 41.5 Å². The number of nitrogens with zero attached hydrogens (tertiary/aromatic N) is 2. The molecule has 4 aromatic rings. The van der Waals surface area contributed by atoms with E-state index in [2.05, 4.69) is 25.6 Å². The minimum absolute atomic E-state index is 0.262. The van der Waals surface area contributed by atoms with Gasteiger partial charge in [-0.25, -0.2) is 19.6 Å². The van der Waals surface area contributed by atoms with Gasteiger partial charge in [0.15, 0.2) is 5.13 Å². The molecule has 2 aromatic carbocycles. The number of imidazole rings is 1. The number of ether oxygens (including phenoxy) is 1. The molecule has 0 bridgehead atoms. The highest BCUT2D eigenvalue weighted by atomic mass is 32.2. The SMILES string of the molecule is COC(=O)c1ccc(Sc2cnc(NC(=O)NCc3ncc(-c4ccccc4)[nH]3)s2)cc1. The highest BCUT2D eigenvalue weighted by Crippen LogP contribution is 2.34. The number of nitrogens with one attached hydrogen (secondary N) is 3. The zero-order valence-electron chi connectivity index (χ0n) is 17.0. The summed E-state index contributed by atoms with van der Waals surface area (Å²) in [5, 5.41) is 5.98. The van der Waals surface area contributed by atoms with Crippen molar-refractivity contribution in [3.63, 3.8) is 0 Å². The van der Waals surface area contributed by atoms with E-state index >= 15 is 0 Å². The molecule has 8 nitrogen and oxygen atoms in total. The van der Waals surface area contributed by atoms with Crippen molar-refractivity contribution in [2.24, 2.45) is 0 Å². The Labute approximate surface area is 192 Å². The van der Waals surface area contributed by atoms with Crippen LogP contribution in [0.15, 0.2) is 76.1 Å². The monoisotopic (exact) mass is 465 g/mol. The Balaban J connectivity index is 1.27. The van der Waals surface area contributed by atoms with E-state index in [4.69, 9.17) is 4.74 Å². The summed E-state index contributed by atoms with van der Waals surface area (Å²) in [4.78, 5) is 36.4. The van der Waals surface area contributed by atoms with Gasteiger partial charge in [-0.2, -0.15) is 0 Å². The number of amides is 2. The van der Waals surface area contributed by atoms with Gasteiger partial charge >= 0.3 is 12.0 Å². The van der Waals surface area contributed by atoms with Crippen LogP contribution >= 0.6 is 23.1 Å². The quantitative estimate of drug-likeness (QED) is 0.339. The molecule has 0 aliphatic rings. The van der Waals surface area contributed by atoms with Gasteiger partial charge in [-0.05, 0) is 29.8 Å². The molecule has 0 aliphatic heterocycles. The molecule has 10 heteroatoms. The van der Waals surface area contributed by atoms with E-state index in [1.54, 1.807) is 24.5 Å². The number of H-pyrrole nitrogens is 1. The van der Waals surface area contributed by atoms with Crippen LogP contribution < -0.4 is 10.6 Å². The van der Waals surface area contributed by atoms with Crippen LogP contribution in [-0.2, 0) is 11.3 Å². The van der Waals surface area contributed by atoms with Crippen LogP contribution in [0.3, 0.4) is 0 Å². The summed E-state index contributed by atoms with van der Waals surface area (Å²) in [7, 11) is 1.35. The van der Waals surface area contributed by atoms with Gasteiger partial charge in [0.2, 0.25) is 0 Å². The first-order valence-corrected chi connectivity index (χ1v) is 11.2. The Kier molecular flexibility index (Phi) is 6.83. The minimum atomic E-state index is -0.373. The predicted octanol–water partition coefficient (Wildman–Crippen LogP) is 4.79. The first-order chi connectivity index (χ1) is 15.6. The Morgan fingerprint density at radius 3 is 2.59 bits per heavy atom. The maximum Gasteiger partial charge on any atom is 0.337 e. The van der Waals surface area contributed by atoms with Gasteiger partial charge in [-0.1, -0.05) is 53.4 Å². The fourth-order valence-electron chi connectivity index (χ4n) is 2.78. The molecule has 0 spiro atoms. The van der Waals surface area contributed by atoms with Crippen molar-refractivity contribution >= 4 is 40.2 Å². The van der Waals surface area contributed by atoms with Gasteiger partial charge in [0.25, 0.3) is 0 Å². The van der Waals surface area contributed by atoms with Crippen LogP contribution in [0.1, 0.15) is 16.2 Å². The molecular weight excluding hydrogens is 446 g/mol. The second-order valence-electron chi connectivity index (χ2n) is 6.52. The van der Waals surface area contributed by atoms with Crippen molar-refractivity contribution < 1.29 is 14.3 Å². The number of hydrogen-bond acceptors (Lipinski definition) is 7. The van der Waals surface area contributed by atoms with E-state index in [0.717, 1.165) is 20.4 Å². The Morgan fingerprint density at radius 2 is 1.84 bits per heavy atom. The molecule has 162 valence electrons. The zero-order chi connectivity index (χ0) is 22.3. The summed E-state index contributed by atoms with van der Waals surface area (Å²) < 4.78 is 5.61. The average molecular weight is 466 g/mol. The van der Waals surface area contributed by atoms with Crippen molar-refractivity contribution in [1.82, 2.24) is 20.3 Å². The first-order valence-electron chi connectivity index (χ1n) is 9.57. The van der Waals surface area contributed by atoms with Crippen LogP contribution in [0.2, 0.25) is 0 Å². The highest BCUT2D eigenvalue weighted by Gasteiger charge is 2.10. The van der Waals surface area contributed by atoms with Crippen LogP contribution in [0.4, 0.5) is 9.93 Å². The van der Waals surface area contributed by atoms with Gasteiger partial charge in [0, 0.05) is 4.90 Å². The highest BCUT2D eigenvalue weighted by molar-refractivity contribution is 8.01. The smallest absolute Gasteiger partial charge is 0.337 e. The Morgan fingerprint density at radius 1 is 1.06 bits per heavy atom. The number of carbonyl (C=O) groups excluding carboxylic acids is 2. The van der Waals surface area contributed by atoms with E-state index < -0.39 is 0 Å². The molecule has 0 radical (unpaired) electrons. The third-order valence-electron chi connectivity index (χ3n) is 4.33. The lowest BCUT2D eigenvalue weighted by Gasteiger charge is -2.03. The van der Waals surface area contributed by atoms with E-state index in [1.165, 1.54) is 30.2 Å². The summed E-state index contributed by atoms with van der Waals surface area (Å²) in [5.41, 5.74) is 2.42. The van der Waals surface area contributed by atoms with E-state index in [1.807, 2.05) is 42.5 Å². The molecular formula is C22H19N5O3S2. The van der Waals surface area contributed by atoms with E-state index in [9.17, 15) is 9.59 Å². The van der Waals surface area contributed by atoms with Gasteiger partial charge in [-0.3, -0.25) is 5.32 Å². The lowest BCUT2D eigenvalue weighted by Crippen LogP contribution is -2.28. The molecule has 32 heavy (non-hydrogen) atoms. The molecule has 0 fully saturated rings. The van der Waals surface area contributed by atoms with Crippen molar-refractivity contribution in [1.29, 1.82) is 0 Å². The number of rotatable bonds is 7. The van der Waals surface area contributed by atoms with Crippen molar-refractivity contribution in [2.75, 3.05) is 12.4 Å². The van der Waals surface area contributed by atoms with E-state index in [-0.39, 0.29) is 18.5 Å². The summed E-state index contributed by atoms with van der Waals surface area (Å²) >= 11 is 2.85. The second-order valence-corrected chi connectivity index (χ2v) is 8.92. The number of hydrogen-bond donors (Lipinski definition) is 3. The fraction of sp³-hybridized carbons (Fsp3) is 0.0909. The molecule has 0 aliphatic carbocycles. The number of thiazole rings is 1. The number of methoxy groups -OCH3 is 1. The molecule has 0 saturated heterocycles. The third-order valence-corrected chi connectivity index (χ3v) is 6.35. The first kappa shape index (κ1) is 21.6. The van der Waals surface area contributed by atoms with Crippen molar-refractivity contribution in [3.05, 3.63) is 78.4 Å². The van der Waals surface area contributed by atoms with Gasteiger partial charge < -0.3 is 15.0 Å². The number of esters is 1. The summed E-state index contributed by atoms with van der Waals surface area (Å²) in [5.74, 6) is 0.285. The number of anilines is 1. The number of carbonyl (C=O) groups is 2. The number of aromatic amines is 1. The standard InChI is InChI=1S/C22H19N5O3S2/c1-30-20(28)15-7-9-16(10-8-15)31-19-13-25-22(32-19)27-21(29)24-12-18-23-11-17(26-18)14-5-3-2-4-6-14/h2-11,13H,12H2,1H3,(H,23,26)(H2,24,25,27,29). The van der Waals surface area contributed by atoms with Crippen molar-refractivity contribution in [2.45, 2.75) is 15.6 Å². The number of benzene rings is 2. The maximum absolute atomic E-state index is 12.2. The Bertz CT molecular complexity index is 1210. The van der Waals surface area contributed by atoms with Crippen LogP contribution in [-0.4, -0.2) is 34.1 Å². The van der Waals surface area contributed by atoms with Gasteiger partial charge in [0.1, 0.15) is 5.82 Å². The molecule has 0 unspecified atom stereocenters. The number of aromatic nitrogens is 3. The lowest BCUT2D eigenvalue weighted by atomic mass is 10.2. The topological polar surface area (TPSA) is 109 Å². The largest absolute Gasteiger partial charge is 0.465 e. The van der Waals surface area contributed by atoms with Crippen molar-refractivity contribution in [3.8, 4) is 11.3 Å². The second kappa shape index (κ2) is 10.1. The molecule has 2 aromatic heterocycles. The minimum Gasteiger partial charge on any atom is -0.465 e. The van der Waals surface area contributed by atoms with Crippen LogP contribution in [0.25, 0.3) is 11.3 Å². The van der Waals surface area contributed by atoms with E-state index in [0.29, 0.717) is 16.5 Å². The van der Waals surface area contributed by atoms with Crippen LogP contribution in [0, 0.1) is 0 Å². The third kappa shape index (κ3) is 5.54. The molecule has 2 amide bonds. The van der Waals surface area contributed by atoms with Crippen LogP contribution in [0.5, 0.6) is 0 Å². The summed E-state index contributed by atoms with van der Waals surface area (Å²) in [6.45, 7) is 0.262. The summed E-state index contributed by atoms with van der Waals surface area (Å²) in [6, 6.07) is 16.6. The summed E-state index contributed by atoms with van der Waals surface area (Å²) in [6.07, 6.45) is 3.43. The fourth-order valence-corrected chi connectivity index (χ4v) is 4.63. The molecule has 3 N–H and O–H groups in total. The lowest BCUT2D eigenvalue weighted by molar-refractivity contribution is 0.0600. The van der Waals surface area contributed by atoms with Gasteiger partial charge in [-0.15, -0.1) is 0 Å². The average Bonchev–Trinajstić information content (AvgIpc) is 3.48. The zero-order valence-corrected chi connectivity index (χ0v) is 18.6. The Hall–Kier alpha value is -3.63.